The predicted molar refractivity (Wildman–Crippen MR) is 94.5 cm³/mol. The second kappa shape index (κ2) is 5.46. The molecular weight excluding hydrogens is 302 g/mol. The van der Waals surface area contributed by atoms with Crippen molar-refractivity contribution < 1.29 is 4.79 Å². The molecule has 122 valence electrons. The molecule has 0 amide bonds. The number of hydrogen-bond donors (Lipinski definition) is 0. The minimum absolute atomic E-state index is 0.168. The van der Waals surface area contributed by atoms with Gasteiger partial charge in [-0.1, -0.05) is 12.1 Å². The summed E-state index contributed by atoms with van der Waals surface area (Å²) in [6.07, 6.45) is 2.67. The lowest BCUT2D eigenvalue weighted by Crippen LogP contribution is -2.21. The molecule has 0 radical (unpaired) electrons. The molecule has 0 saturated carbocycles. The largest absolute Gasteiger partial charge is 0.338 e. The maximum atomic E-state index is 12.9. The summed E-state index contributed by atoms with van der Waals surface area (Å²) < 4.78 is 3.71. The van der Waals surface area contributed by atoms with Gasteiger partial charge in [0.05, 0.1) is 16.9 Å². The summed E-state index contributed by atoms with van der Waals surface area (Å²) in [6, 6.07) is 11.3. The summed E-state index contributed by atoms with van der Waals surface area (Å²) >= 11 is 0. The number of aryl methyl sites for hydroxylation is 1. The van der Waals surface area contributed by atoms with Gasteiger partial charge in [0.15, 0.2) is 0 Å². The highest BCUT2D eigenvalue weighted by Crippen LogP contribution is 2.33. The summed E-state index contributed by atoms with van der Waals surface area (Å²) in [5, 5.41) is 0.611. The lowest BCUT2D eigenvalue weighted by Gasteiger charge is -2.17. The Bertz CT molecular complexity index is 1010. The van der Waals surface area contributed by atoms with Gasteiger partial charge in [-0.15, -0.1) is 0 Å². The Morgan fingerprint density at radius 1 is 1.04 bits per heavy atom. The smallest absolute Gasteiger partial charge is 0.268 e. The van der Waals surface area contributed by atoms with Crippen LogP contribution in [0.15, 0.2) is 47.4 Å². The van der Waals surface area contributed by atoms with Gasteiger partial charge in [-0.25, -0.2) is 0 Å². The van der Waals surface area contributed by atoms with Crippen LogP contribution in [-0.4, -0.2) is 40.6 Å². The maximum absolute atomic E-state index is 12.9. The van der Waals surface area contributed by atoms with Crippen molar-refractivity contribution in [3.8, 4) is 11.4 Å². The summed E-state index contributed by atoms with van der Waals surface area (Å²) in [7, 11) is 4.09. The van der Waals surface area contributed by atoms with Gasteiger partial charge >= 0.3 is 0 Å². The van der Waals surface area contributed by atoms with Crippen molar-refractivity contribution in [2.24, 2.45) is 0 Å². The van der Waals surface area contributed by atoms with Crippen LogP contribution in [0.3, 0.4) is 0 Å². The van der Waals surface area contributed by atoms with Crippen molar-refractivity contribution in [2.75, 3.05) is 20.6 Å². The number of hydrogen-bond acceptors (Lipinski definition) is 3. The van der Waals surface area contributed by atoms with Crippen LogP contribution < -0.4 is 5.43 Å². The third kappa shape index (κ3) is 2.05. The van der Waals surface area contributed by atoms with Gasteiger partial charge < -0.3 is 9.47 Å². The summed E-state index contributed by atoms with van der Waals surface area (Å²) in [4.78, 5) is 27.7. The van der Waals surface area contributed by atoms with E-state index in [1.54, 1.807) is 16.8 Å². The molecule has 1 aromatic carbocycles. The predicted octanol–water partition coefficient (Wildman–Crippen LogP) is 2.42. The first kappa shape index (κ1) is 14.9. The Morgan fingerprint density at radius 3 is 2.62 bits per heavy atom. The van der Waals surface area contributed by atoms with Crippen LogP contribution in [0.25, 0.3) is 22.3 Å². The van der Waals surface area contributed by atoms with Crippen molar-refractivity contribution in [3.63, 3.8) is 0 Å². The molecule has 0 spiro atoms. The van der Waals surface area contributed by atoms with E-state index >= 15 is 0 Å². The van der Waals surface area contributed by atoms with Gasteiger partial charge in [-0.3, -0.25) is 14.2 Å². The molecular formula is C19H19N3O2. The molecule has 5 heteroatoms. The van der Waals surface area contributed by atoms with Crippen LogP contribution in [0.2, 0.25) is 0 Å². The topological polar surface area (TPSA) is 47.2 Å². The molecule has 3 heterocycles. The number of carbonyl (C=O) groups excluding carboxylic acids is 1. The molecule has 24 heavy (non-hydrogen) atoms. The Hall–Kier alpha value is -2.66. The molecule has 1 aliphatic heterocycles. The molecule has 0 unspecified atom stereocenters. The molecule has 0 N–H and O–H groups in total. The standard InChI is InChI=1S/C19H19N3O2/c1-20(2)10-6-12-21-14-8-4-3-7-13(14)18(23)16-17(21)15-9-5-11-22(15)19(16)24/h3-5,7-9,11H,6,10,12H2,1-2H3. The first-order valence-electron chi connectivity index (χ1n) is 8.12. The third-order valence-corrected chi connectivity index (χ3v) is 4.58. The van der Waals surface area contributed by atoms with Gasteiger partial charge in [0.25, 0.3) is 5.91 Å². The second-order valence-corrected chi connectivity index (χ2v) is 6.45. The highest BCUT2D eigenvalue weighted by Gasteiger charge is 2.32. The molecule has 0 aliphatic carbocycles. The normalized spacial score (nSPS) is 12.9. The van der Waals surface area contributed by atoms with E-state index in [-0.39, 0.29) is 11.3 Å². The minimum Gasteiger partial charge on any atom is -0.338 e. The van der Waals surface area contributed by atoms with Gasteiger partial charge in [-0.2, -0.15) is 0 Å². The molecule has 0 fully saturated rings. The van der Waals surface area contributed by atoms with Crippen LogP contribution in [0.4, 0.5) is 0 Å². The average molecular weight is 321 g/mol. The fourth-order valence-corrected chi connectivity index (χ4v) is 3.51. The van der Waals surface area contributed by atoms with Gasteiger partial charge in [-0.05, 0) is 51.3 Å². The molecule has 4 rings (SSSR count). The molecule has 1 aliphatic rings. The summed E-state index contributed by atoms with van der Waals surface area (Å²) in [5.74, 6) is -0.220. The lowest BCUT2D eigenvalue weighted by molar-refractivity contribution is 0.0968. The highest BCUT2D eigenvalue weighted by molar-refractivity contribution is 6.10. The fourth-order valence-electron chi connectivity index (χ4n) is 3.51. The van der Waals surface area contributed by atoms with E-state index in [4.69, 9.17) is 0 Å². The van der Waals surface area contributed by atoms with Crippen LogP contribution >= 0.6 is 0 Å². The van der Waals surface area contributed by atoms with E-state index in [1.807, 2.05) is 44.4 Å². The van der Waals surface area contributed by atoms with Crippen molar-refractivity contribution in [1.82, 2.24) is 14.0 Å². The van der Waals surface area contributed by atoms with Crippen LogP contribution in [0.5, 0.6) is 0 Å². The minimum atomic E-state index is -0.220. The molecule has 2 aromatic heterocycles. The number of rotatable bonds is 4. The van der Waals surface area contributed by atoms with E-state index in [1.165, 1.54) is 0 Å². The van der Waals surface area contributed by atoms with Crippen molar-refractivity contribution >= 4 is 16.8 Å². The maximum Gasteiger partial charge on any atom is 0.268 e. The van der Waals surface area contributed by atoms with E-state index < -0.39 is 0 Å². The van der Waals surface area contributed by atoms with Gasteiger partial charge in [0.2, 0.25) is 5.43 Å². The number of aromatic nitrogens is 2. The summed E-state index contributed by atoms with van der Waals surface area (Å²) in [6.45, 7) is 1.71. The number of para-hydroxylation sites is 1. The van der Waals surface area contributed by atoms with Gasteiger partial charge in [0, 0.05) is 18.1 Å². The van der Waals surface area contributed by atoms with Crippen LogP contribution in [0.1, 0.15) is 16.8 Å². The zero-order chi connectivity index (χ0) is 16.8. The third-order valence-electron chi connectivity index (χ3n) is 4.58. The van der Waals surface area contributed by atoms with Crippen molar-refractivity contribution in [3.05, 3.63) is 58.4 Å². The molecule has 0 atom stereocenters. The van der Waals surface area contributed by atoms with E-state index in [9.17, 15) is 9.59 Å². The Morgan fingerprint density at radius 2 is 1.83 bits per heavy atom. The number of pyridine rings is 1. The first-order chi connectivity index (χ1) is 11.6. The quantitative estimate of drug-likeness (QED) is 0.580. The molecule has 0 saturated heterocycles. The number of fused-ring (bicyclic) bond motifs is 4. The van der Waals surface area contributed by atoms with Crippen LogP contribution in [-0.2, 0) is 6.54 Å². The Balaban J connectivity index is 2.00. The fraction of sp³-hybridized carbons (Fsp3) is 0.263. The van der Waals surface area contributed by atoms with Gasteiger partial charge in [0.1, 0.15) is 5.56 Å². The number of carbonyl (C=O) groups is 1. The zero-order valence-corrected chi connectivity index (χ0v) is 13.8. The summed E-state index contributed by atoms with van der Waals surface area (Å²) in [5.41, 5.74) is 2.59. The van der Waals surface area contributed by atoms with Crippen LogP contribution in [0, 0.1) is 0 Å². The lowest BCUT2D eigenvalue weighted by atomic mass is 10.1. The second-order valence-electron chi connectivity index (χ2n) is 6.45. The molecule has 0 bridgehead atoms. The highest BCUT2D eigenvalue weighted by atomic mass is 16.2. The van der Waals surface area contributed by atoms with E-state index in [2.05, 4.69) is 9.47 Å². The van der Waals surface area contributed by atoms with Crippen molar-refractivity contribution in [2.45, 2.75) is 13.0 Å². The van der Waals surface area contributed by atoms with Crippen molar-refractivity contribution in [1.29, 1.82) is 0 Å². The number of benzene rings is 1. The molecule has 5 nitrogen and oxygen atoms in total. The first-order valence-corrected chi connectivity index (χ1v) is 8.12. The molecule has 3 aromatic rings. The monoisotopic (exact) mass is 321 g/mol. The average Bonchev–Trinajstić information content (AvgIpc) is 3.14. The Kier molecular flexibility index (Phi) is 3.39. The Labute approximate surface area is 139 Å². The SMILES string of the molecule is CN(C)CCCn1c2c(c(=O)c3ccccc31)C(=O)n1cccc1-2. The number of nitrogens with zero attached hydrogens (tertiary/aromatic N) is 3. The zero-order valence-electron chi connectivity index (χ0n) is 13.8. The van der Waals surface area contributed by atoms with E-state index in [0.29, 0.717) is 10.9 Å². The van der Waals surface area contributed by atoms with E-state index in [0.717, 1.165) is 36.4 Å².